The zero-order valence-electron chi connectivity index (χ0n) is 11.2. The van der Waals surface area contributed by atoms with Crippen LogP contribution >= 0.6 is 11.8 Å². The van der Waals surface area contributed by atoms with Gasteiger partial charge in [0.25, 0.3) is 0 Å². The molecule has 0 aliphatic carbocycles. The van der Waals surface area contributed by atoms with Crippen molar-refractivity contribution in [2.75, 3.05) is 44.1 Å². The van der Waals surface area contributed by atoms with Gasteiger partial charge in [-0.1, -0.05) is 6.92 Å². The Bertz CT molecular complexity index is 330. The van der Waals surface area contributed by atoms with E-state index in [1.165, 1.54) is 11.5 Å². The van der Waals surface area contributed by atoms with Crippen LogP contribution in [0.3, 0.4) is 0 Å². The number of thioether (sulfide) groups is 1. The lowest BCUT2D eigenvalue weighted by atomic mass is 10.4. The highest BCUT2D eigenvalue weighted by Crippen LogP contribution is 2.06. The van der Waals surface area contributed by atoms with Crippen molar-refractivity contribution in [2.45, 2.75) is 13.5 Å². The van der Waals surface area contributed by atoms with Gasteiger partial charge in [0.2, 0.25) is 5.95 Å². The van der Waals surface area contributed by atoms with Crippen LogP contribution in [0, 0.1) is 0 Å². The highest BCUT2D eigenvalue weighted by Gasteiger charge is 2.04. The Labute approximate surface area is 108 Å². The molecule has 0 unspecified atom stereocenters. The van der Waals surface area contributed by atoms with Crippen molar-refractivity contribution < 1.29 is 0 Å². The lowest BCUT2D eigenvalue weighted by Crippen LogP contribution is -2.22. The summed E-state index contributed by atoms with van der Waals surface area (Å²) in [4.78, 5) is 12.9. The van der Waals surface area contributed by atoms with E-state index < -0.39 is 0 Å². The molecule has 0 atom stereocenters. The normalized spacial score (nSPS) is 10.9. The van der Waals surface area contributed by atoms with Crippen molar-refractivity contribution in [2.24, 2.45) is 0 Å². The molecule has 0 saturated carbocycles. The molecule has 17 heavy (non-hydrogen) atoms. The number of aromatic nitrogens is 2. The monoisotopic (exact) mass is 254 g/mol. The highest BCUT2D eigenvalue weighted by molar-refractivity contribution is 7.99. The summed E-state index contributed by atoms with van der Waals surface area (Å²) in [6, 6.07) is 1.98. The topological polar surface area (TPSA) is 32.3 Å². The molecular formula is C12H22N4S. The van der Waals surface area contributed by atoms with Crippen LogP contribution in [0.25, 0.3) is 0 Å². The van der Waals surface area contributed by atoms with Crippen molar-refractivity contribution >= 4 is 17.7 Å². The van der Waals surface area contributed by atoms with Crippen LogP contribution in [0.15, 0.2) is 12.3 Å². The third-order valence-electron chi connectivity index (χ3n) is 2.35. The van der Waals surface area contributed by atoms with E-state index >= 15 is 0 Å². The maximum atomic E-state index is 4.51. The van der Waals surface area contributed by atoms with Crippen molar-refractivity contribution in [3.63, 3.8) is 0 Å². The fourth-order valence-electron chi connectivity index (χ4n) is 1.41. The first-order chi connectivity index (χ1) is 8.13. The summed E-state index contributed by atoms with van der Waals surface area (Å²) in [5, 5.41) is 0. The van der Waals surface area contributed by atoms with E-state index in [1.807, 2.05) is 43.0 Å². The van der Waals surface area contributed by atoms with Crippen LogP contribution in [0.5, 0.6) is 0 Å². The summed E-state index contributed by atoms with van der Waals surface area (Å²) in [5.74, 6) is 3.14. The molecule has 0 bridgehead atoms. The Hall–Kier alpha value is -0.810. The van der Waals surface area contributed by atoms with Gasteiger partial charge >= 0.3 is 0 Å². The predicted molar refractivity (Wildman–Crippen MR) is 75.7 cm³/mol. The first kappa shape index (κ1) is 14.3. The standard InChI is InChI=1S/C12H22N4S/c1-5-17-9-8-16(4)10-11-6-7-13-12(14-11)15(2)3/h6-7H,5,8-10H2,1-4H3. The number of anilines is 1. The molecule has 1 rings (SSSR count). The summed E-state index contributed by atoms with van der Waals surface area (Å²) < 4.78 is 0. The van der Waals surface area contributed by atoms with Gasteiger partial charge in [-0.2, -0.15) is 11.8 Å². The Kier molecular flexibility index (Phi) is 6.29. The zero-order valence-corrected chi connectivity index (χ0v) is 12.0. The molecule has 4 nitrogen and oxygen atoms in total. The minimum Gasteiger partial charge on any atom is -0.347 e. The number of hydrogen-bond acceptors (Lipinski definition) is 5. The SMILES string of the molecule is CCSCCN(C)Cc1ccnc(N(C)C)n1. The first-order valence-corrected chi connectivity index (χ1v) is 7.04. The molecule has 96 valence electrons. The van der Waals surface area contributed by atoms with Gasteiger partial charge in [-0.05, 0) is 18.9 Å². The van der Waals surface area contributed by atoms with Crippen LogP contribution in [-0.4, -0.2) is 54.1 Å². The molecule has 1 heterocycles. The summed E-state index contributed by atoms with van der Waals surface area (Å²) in [7, 11) is 6.05. The minimum atomic E-state index is 0.777. The van der Waals surface area contributed by atoms with Crippen molar-refractivity contribution in [1.29, 1.82) is 0 Å². The summed E-state index contributed by atoms with van der Waals surface area (Å²) >= 11 is 1.97. The Balaban J connectivity index is 2.47. The van der Waals surface area contributed by atoms with Crippen molar-refractivity contribution in [3.05, 3.63) is 18.0 Å². The molecule has 0 spiro atoms. The number of hydrogen-bond donors (Lipinski definition) is 0. The first-order valence-electron chi connectivity index (χ1n) is 5.89. The number of rotatable bonds is 7. The van der Waals surface area contributed by atoms with Gasteiger partial charge in [-0.15, -0.1) is 0 Å². The molecule has 0 aromatic carbocycles. The summed E-state index contributed by atoms with van der Waals surface area (Å²) in [5.41, 5.74) is 1.08. The molecule has 0 radical (unpaired) electrons. The maximum absolute atomic E-state index is 4.51. The van der Waals surface area contributed by atoms with Crippen LogP contribution in [0.2, 0.25) is 0 Å². The molecule has 0 saturated heterocycles. The van der Waals surface area contributed by atoms with Crippen molar-refractivity contribution in [3.8, 4) is 0 Å². The second-order valence-electron chi connectivity index (χ2n) is 4.18. The summed E-state index contributed by atoms with van der Waals surface area (Å²) in [6.07, 6.45) is 1.83. The molecule has 1 aromatic rings. The number of nitrogens with zero attached hydrogens (tertiary/aromatic N) is 4. The van der Waals surface area contributed by atoms with Gasteiger partial charge in [-0.3, -0.25) is 4.90 Å². The van der Waals surface area contributed by atoms with E-state index in [2.05, 4.69) is 28.8 Å². The largest absolute Gasteiger partial charge is 0.347 e. The second-order valence-corrected chi connectivity index (χ2v) is 5.57. The lowest BCUT2D eigenvalue weighted by molar-refractivity contribution is 0.344. The molecule has 1 aromatic heterocycles. The maximum Gasteiger partial charge on any atom is 0.225 e. The quantitative estimate of drug-likeness (QED) is 0.692. The third kappa shape index (κ3) is 5.37. The minimum absolute atomic E-state index is 0.777. The van der Waals surface area contributed by atoms with Crippen LogP contribution in [-0.2, 0) is 6.54 Å². The third-order valence-corrected chi connectivity index (χ3v) is 3.23. The van der Waals surface area contributed by atoms with Gasteiger partial charge in [-0.25, -0.2) is 9.97 Å². The molecule has 5 heteroatoms. The molecule has 0 aliphatic rings. The molecule has 0 aliphatic heterocycles. The van der Waals surface area contributed by atoms with Crippen LogP contribution in [0.4, 0.5) is 5.95 Å². The Morgan fingerprint density at radius 3 is 2.71 bits per heavy atom. The van der Waals surface area contributed by atoms with Gasteiger partial charge < -0.3 is 4.90 Å². The van der Waals surface area contributed by atoms with Gasteiger partial charge in [0.05, 0.1) is 5.69 Å². The van der Waals surface area contributed by atoms with Crippen molar-refractivity contribution in [1.82, 2.24) is 14.9 Å². The van der Waals surface area contributed by atoms with E-state index in [9.17, 15) is 0 Å². The van der Waals surface area contributed by atoms with E-state index in [4.69, 9.17) is 0 Å². The van der Waals surface area contributed by atoms with Crippen LogP contribution < -0.4 is 4.90 Å². The molecule has 0 amide bonds. The van der Waals surface area contributed by atoms with Gasteiger partial charge in [0.15, 0.2) is 0 Å². The van der Waals surface area contributed by atoms with E-state index in [1.54, 1.807) is 0 Å². The zero-order chi connectivity index (χ0) is 12.7. The van der Waals surface area contributed by atoms with Crippen LogP contribution in [0.1, 0.15) is 12.6 Å². The van der Waals surface area contributed by atoms with E-state index in [0.29, 0.717) is 0 Å². The fraction of sp³-hybridized carbons (Fsp3) is 0.667. The Morgan fingerprint density at radius 1 is 1.29 bits per heavy atom. The molecule has 0 N–H and O–H groups in total. The average molecular weight is 254 g/mol. The smallest absolute Gasteiger partial charge is 0.225 e. The average Bonchev–Trinajstić information content (AvgIpc) is 2.29. The lowest BCUT2D eigenvalue weighted by Gasteiger charge is -2.17. The predicted octanol–water partition coefficient (Wildman–Crippen LogP) is 1.73. The summed E-state index contributed by atoms with van der Waals surface area (Å²) in [6.45, 7) is 4.17. The van der Waals surface area contributed by atoms with E-state index in [-0.39, 0.29) is 0 Å². The Morgan fingerprint density at radius 2 is 2.06 bits per heavy atom. The second kappa shape index (κ2) is 7.50. The molecular weight excluding hydrogens is 232 g/mol. The highest BCUT2D eigenvalue weighted by atomic mass is 32.2. The van der Waals surface area contributed by atoms with E-state index in [0.717, 1.165) is 24.7 Å². The van der Waals surface area contributed by atoms with Gasteiger partial charge in [0, 0.05) is 39.1 Å². The molecule has 0 fully saturated rings. The van der Waals surface area contributed by atoms with Gasteiger partial charge in [0.1, 0.15) is 0 Å². The fourth-order valence-corrected chi connectivity index (χ4v) is 2.14.